The van der Waals surface area contributed by atoms with Crippen molar-refractivity contribution in [2.24, 2.45) is 0 Å². The van der Waals surface area contributed by atoms with E-state index >= 15 is 0 Å². The Hall–Kier alpha value is -2.36. The maximum Gasteiger partial charge on any atom is 0.334 e. The van der Waals surface area contributed by atoms with E-state index in [1.807, 2.05) is 43.3 Å². The summed E-state index contributed by atoms with van der Waals surface area (Å²) < 4.78 is 10.5. The third-order valence-electron chi connectivity index (χ3n) is 3.50. The number of hydrogen-bond donors (Lipinski definition) is 0. The highest BCUT2D eigenvalue weighted by Crippen LogP contribution is 2.35. The van der Waals surface area contributed by atoms with Crippen LogP contribution in [-0.4, -0.2) is 17.2 Å². The second-order valence-corrected chi connectivity index (χ2v) is 5.01. The van der Waals surface area contributed by atoms with Crippen molar-refractivity contribution in [3.05, 3.63) is 54.2 Å². The molecule has 0 aliphatic carbocycles. The predicted molar refractivity (Wildman–Crippen MR) is 74.0 cm³/mol. The fourth-order valence-corrected chi connectivity index (χ4v) is 2.41. The molecule has 4 nitrogen and oxygen atoms in total. The molecule has 1 saturated heterocycles. The number of aromatic nitrogens is 1. The zero-order valence-corrected chi connectivity index (χ0v) is 11.2. The largest absolute Gasteiger partial charge is 0.459 e. The molecule has 0 radical (unpaired) electrons. The van der Waals surface area contributed by atoms with Crippen molar-refractivity contribution in [2.45, 2.75) is 25.4 Å². The summed E-state index contributed by atoms with van der Waals surface area (Å²) in [6.45, 7) is 5.68. The molecule has 0 bridgehead atoms. The van der Waals surface area contributed by atoms with Gasteiger partial charge in [-0.2, -0.15) is 0 Å². The standard InChI is InChI=1S/C16H15NO3/c1-10-8-13(11(2)16(18)19-10)14-9-15(20-17-14)12-6-4-3-5-7-12/h3-7,9-10,13H,2,8H2,1H3. The van der Waals surface area contributed by atoms with E-state index in [4.69, 9.17) is 9.26 Å². The van der Waals surface area contributed by atoms with Crippen LogP contribution >= 0.6 is 0 Å². The zero-order chi connectivity index (χ0) is 14.1. The Morgan fingerprint density at radius 3 is 2.80 bits per heavy atom. The molecule has 0 spiro atoms. The maximum absolute atomic E-state index is 11.7. The van der Waals surface area contributed by atoms with Crippen molar-refractivity contribution in [2.75, 3.05) is 0 Å². The number of esters is 1. The highest BCUT2D eigenvalue weighted by molar-refractivity contribution is 5.90. The average Bonchev–Trinajstić information content (AvgIpc) is 2.93. The molecular weight excluding hydrogens is 254 g/mol. The van der Waals surface area contributed by atoms with Crippen LogP contribution in [0.4, 0.5) is 0 Å². The van der Waals surface area contributed by atoms with E-state index in [1.54, 1.807) is 0 Å². The fourth-order valence-electron chi connectivity index (χ4n) is 2.41. The minimum Gasteiger partial charge on any atom is -0.459 e. The molecule has 1 aromatic heterocycles. The Morgan fingerprint density at radius 2 is 2.05 bits per heavy atom. The van der Waals surface area contributed by atoms with Crippen LogP contribution in [0.1, 0.15) is 25.0 Å². The second-order valence-electron chi connectivity index (χ2n) is 5.01. The molecule has 1 aromatic carbocycles. The third-order valence-corrected chi connectivity index (χ3v) is 3.50. The van der Waals surface area contributed by atoms with E-state index in [9.17, 15) is 4.79 Å². The summed E-state index contributed by atoms with van der Waals surface area (Å²) in [4.78, 5) is 11.7. The summed E-state index contributed by atoms with van der Waals surface area (Å²) in [6.07, 6.45) is 0.556. The lowest BCUT2D eigenvalue weighted by Gasteiger charge is -2.26. The Balaban J connectivity index is 1.90. The van der Waals surface area contributed by atoms with Gasteiger partial charge in [-0.3, -0.25) is 0 Å². The first-order chi connectivity index (χ1) is 9.65. The summed E-state index contributed by atoms with van der Waals surface area (Å²) in [5, 5.41) is 4.09. The van der Waals surface area contributed by atoms with Gasteiger partial charge in [-0.1, -0.05) is 42.1 Å². The molecule has 20 heavy (non-hydrogen) atoms. The lowest BCUT2D eigenvalue weighted by atomic mass is 9.88. The van der Waals surface area contributed by atoms with Crippen molar-refractivity contribution in [3.63, 3.8) is 0 Å². The first kappa shape index (κ1) is 12.7. The van der Waals surface area contributed by atoms with E-state index in [0.717, 1.165) is 11.3 Å². The topological polar surface area (TPSA) is 52.3 Å². The van der Waals surface area contributed by atoms with E-state index in [1.165, 1.54) is 0 Å². The molecule has 0 amide bonds. The number of hydrogen-bond acceptors (Lipinski definition) is 4. The molecule has 2 unspecified atom stereocenters. The van der Waals surface area contributed by atoms with Crippen LogP contribution in [0.5, 0.6) is 0 Å². The first-order valence-corrected chi connectivity index (χ1v) is 6.57. The predicted octanol–water partition coefficient (Wildman–Crippen LogP) is 3.32. The van der Waals surface area contributed by atoms with Crippen LogP contribution < -0.4 is 0 Å². The Bertz CT molecular complexity index is 645. The van der Waals surface area contributed by atoms with Gasteiger partial charge in [0.05, 0.1) is 5.69 Å². The number of rotatable bonds is 2. The Kier molecular flexibility index (Phi) is 3.14. The monoisotopic (exact) mass is 269 g/mol. The minimum absolute atomic E-state index is 0.130. The summed E-state index contributed by atoms with van der Waals surface area (Å²) in [5.74, 6) is 0.213. The van der Waals surface area contributed by atoms with Crippen LogP contribution in [0.2, 0.25) is 0 Å². The lowest BCUT2D eigenvalue weighted by molar-refractivity contribution is -0.147. The van der Waals surface area contributed by atoms with Crippen molar-refractivity contribution < 1.29 is 14.1 Å². The van der Waals surface area contributed by atoms with Gasteiger partial charge in [-0.25, -0.2) is 4.79 Å². The number of cyclic esters (lactones) is 1. The van der Waals surface area contributed by atoms with Gasteiger partial charge in [0.25, 0.3) is 0 Å². The minimum atomic E-state index is -0.349. The van der Waals surface area contributed by atoms with Gasteiger partial charge >= 0.3 is 5.97 Å². The quantitative estimate of drug-likeness (QED) is 0.620. The van der Waals surface area contributed by atoms with Gasteiger partial charge in [-0.05, 0) is 13.3 Å². The Morgan fingerprint density at radius 1 is 1.30 bits per heavy atom. The second kappa shape index (κ2) is 4.96. The van der Waals surface area contributed by atoms with Gasteiger partial charge in [-0.15, -0.1) is 0 Å². The molecule has 2 atom stereocenters. The van der Waals surface area contributed by atoms with Crippen molar-refractivity contribution in [1.29, 1.82) is 0 Å². The summed E-state index contributed by atoms with van der Waals surface area (Å²) in [5.41, 5.74) is 2.14. The van der Waals surface area contributed by atoms with E-state index in [2.05, 4.69) is 11.7 Å². The summed E-state index contributed by atoms with van der Waals surface area (Å²) in [7, 11) is 0. The highest BCUT2D eigenvalue weighted by Gasteiger charge is 2.33. The zero-order valence-electron chi connectivity index (χ0n) is 11.2. The number of benzene rings is 1. The number of nitrogens with zero attached hydrogens (tertiary/aromatic N) is 1. The molecule has 1 fully saturated rings. The van der Waals surface area contributed by atoms with Gasteiger partial charge in [0.2, 0.25) is 0 Å². The van der Waals surface area contributed by atoms with Crippen molar-refractivity contribution >= 4 is 5.97 Å². The molecule has 2 aromatic rings. The van der Waals surface area contributed by atoms with Gasteiger partial charge in [0.15, 0.2) is 5.76 Å². The molecule has 3 rings (SSSR count). The first-order valence-electron chi connectivity index (χ1n) is 6.57. The molecule has 102 valence electrons. The fraction of sp³-hybridized carbons (Fsp3) is 0.250. The summed E-state index contributed by atoms with van der Waals surface area (Å²) >= 11 is 0. The van der Waals surface area contributed by atoms with Crippen LogP contribution in [0.25, 0.3) is 11.3 Å². The van der Waals surface area contributed by atoms with E-state index < -0.39 is 0 Å². The number of carbonyl (C=O) groups is 1. The number of carbonyl (C=O) groups excluding carboxylic acids is 1. The molecule has 0 saturated carbocycles. The van der Waals surface area contributed by atoms with Gasteiger partial charge in [0, 0.05) is 23.1 Å². The normalized spacial score (nSPS) is 22.6. The maximum atomic E-state index is 11.7. The van der Waals surface area contributed by atoms with Crippen LogP contribution in [0.15, 0.2) is 53.1 Å². The average molecular weight is 269 g/mol. The smallest absolute Gasteiger partial charge is 0.334 e. The Labute approximate surface area is 117 Å². The molecular formula is C16H15NO3. The molecule has 1 aliphatic rings. The third kappa shape index (κ3) is 2.25. The number of ether oxygens (including phenoxy) is 1. The van der Waals surface area contributed by atoms with Crippen LogP contribution in [0, 0.1) is 0 Å². The SMILES string of the molecule is C=C1C(=O)OC(C)CC1c1cc(-c2ccccc2)on1. The summed E-state index contributed by atoms with van der Waals surface area (Å²) in [6, 6.07) is 11.6. The molecule has 4 heteroatoms. The molecule has 1 aliphatic heterocycles. The molecule has 0 N–H and O–H groups in total. The van der Waals surface area contributed by atoms with Crippen LogP contribution in [-0.2, 0) is 9.53 Å². The van der Waals surface area contributed by atoms with Crippen molar-refractivity contribution in [1.82, 2.24) is 5.16 Å². The van der Waals surface area contributed by atoms with E-state index in [-0.39, 0.29) is 18.0 Å². The van der Waals surface area contributed by atoms with Gasteiger partial charge < -0.3 is 9.26 Å². The van der Waals surface area contributed by atoms with Crippen molar-refractivity contribution in [3.8, 4) is 11.3 Å². The molecule has 2 heterocycles. The highest BCUT2D eigenvalue weighted by atomic mass is 16.5. The van der Waals surface area contributed by atoms with Gasteiger partial charge in [0.1, 0.15) is 6.10 Å². The lowest BCUT2D eigenvalue weighted by Crippen LogP contribution is -2.28. The van der Waals surface area contributed by atoms with E-state index in [0.29, 0.717) is 17.8 Å². The van der Waals surface area contributed by atoms with Crippen LogP contribution in [0.3, 0.4) is 0 Å².